The van der Waals surface area contributed by atoms with Crippen molar-refractivity contribution in [3.8, 4) is 5.75 Å². The molecule has 106 valence electrons. The quantitative estimate of drug-likeness (QED) is 0.839. The van der Waals surface area contributed by atoms with Crippen molar-refractivity contribution in [3.05, 3.63) is 65.2 Å². The molecular weight excluding hydrogens is 250 g/mol. The second kappa shape index (κ2) is 7.68. The van der Waals surface area contributed by atoms with Gasteiger partial charge in [0.05, 0.1) is 20.3 Å². The van der Waals surface area contributed by atoms with E-state index in [0.29, 0.717) is 13.2 Å². The van der Waals surface area contributed by atoms with Gasteiger partial charge in [-0.2, -0.15) is 0 Å². The Morgan fingerprint density at radius 1 is 0.950 bits per heavy atom. The number of ether oxygens (including phenoxy) is 2. The van der Waals surface area contributed by atoms with Crippen LogP contribution in [0.5, 0.6) is 5.75 Å². The molecule has 20 heavy (non-hydrogen) atoms. The first kappa shape index (κ1) is 14.6. The Kier molecular flexibility index (Phi) is 5.59. The molecule has 0 aliphatic rings. The SMILES string of the molecule is CNCc1ccc(OC)c(COCc2ccccc2)c1. The molecule has 0 amide bonds. The molecule has 3 nitrogen and oxygen atoms in total. The van der Waals surface area contributed by atoms with Gasteiger partial charge in [0.2, 0.25) is 0 Å². The Hall–Kier alpha value is -1.84. The van der Waals surface area contributed by atoms with Crippen molar-refractivity contribution in [2.45, 2.75) is 19.8 Å². The summed E-state index contributed by atoms with van der Waals surface area (Å²) >= 11 is 0. The van der Waals surface area contributed by atoms with Crippen molar-refractivity contribution in [2.75, 3.05) is 14.2 Å². The van der Waals surface area contributed by atoms with Gasteiger partial charge in [-0.25, -0.2) is 0 Å². The maximum Gasteiger partial charge on any atom is 0.124 e. The van der Waals surface area contributed by atoms with E-state index in [1.54, 1.807) is 7.11 Å². The predicted molar refractivity (Wildman–Crippen MR) is 80.7 cm³/mol. The van der Waals surface area contributed by atoms with E-state index < -0.39 is 0 Å². The number of nitrogens with one attached hydrogen (secondary N) is 1. The monoisotopic (exact) mass is 271 g/mol. The molecule has 0 aromatic heterocycles. The third-order valence-electron chi connectivity index (χ3n) is 3.09. The summed E-state index contributed by atoms with van der Waals surface area (Å²) in [7, 11) is 3.63. The molecule has 0 fully saturated rings. The van der Waals surface area contributed by atoms with Crippen LogP contribution in [0.3, 0.4) is 0 Å². The lowest BCUT2D eigenvalue weighted by Crippen LogP contribution is -2.06. The van der Waals surface area contributed by atoms with Gasteiger partial charge in [0.1, 0.15) is 5.75 Å². The minimum Gasteiger partial charge on any atom is -0.496 e. The number of rotatable bonds is 7. The number of methoxy groups -OCH3 is 1. The molecule has 0 bridgehead atoms. The summed E-state index contributed by atoms with van der Waals surface area (Å²) in [4.78, 5) is 0. The summed E-state index contributed by atoms with van der Waals surface area (Å²) in [6.07, 6.45) is 0. The lowest BCUT2D eigenvalue weighted by Gasteiger charge is -2.11. The van der Waals surface area contributed by atoms with Gasteiger partial charge in [-0.3, -0.25) is 0 Å². The average Bonchev–Trinajstić information content (AvgIpc) is 2.49. The Balaban J connectivity index is 1.98. The highest BCUT2D eigenvalue weighted by Gasteiger charge is 2.05. The fraction of sp³-hybridized carbons (Fsp3) is 0.294. The average molecular weight is 271 g/mol. The van der Waals surface area contributed by atoms with Crippen LogP contribution < -0.4 is 10.1 Å². The van der Waals surface area contributed by atoms with Crippen LogP contribution in [0.25, 0.3) is 0 Å². The second-order valence-electron chi connectivity index (χ2n) is 4.65. The Morgan fingerprint density at radius 2 is 1.75 bits per heavy atom. The van der Waals surface area contributed by atoms with Gasteiger partial charge < -0.3 is 14.8 Å². The largest absolute Gasteiger partial charge is 0.496 e. The van der Waals surface area contributed by atoms with E-state index >= 15 is 0 Å². The smallest absolute Gasteiger partial charge is 0.124 e. The summed E-state index contributed by atoms with van der Waals surface area (Å²) in [5, 5.41) is 3.15. The molecule has 0 radical (unpaired) electrons. The van der Waals surface area contributed by atoms with E-state index in [0.717, 1.165) is 17.9 Å². The van der Waals surface area contributed by atoms with Gasteiger partial charge in [-0.05, 0) is 30.3 Å². The molecule has 0 atom stereocenters. The van der Waals surface area contributed by atoms with E-state index in [2.05, 4.69) is 29.6 Å². The molecule has 0 saturated carbocycles. The fourth-order valence-electron chi connectivity index (χ4n) is 2.11. The highest BCUT2D eigenvalue weighted by molar-refractivity contribution is 5.36. The van der Waals surface area contributed by atoms with Gasteiger partial charge in [-0.1, -0.05) is 36.4 Å². The maximum atomic E-state index is 5.78. The minimum atomic E-state index is 0.551. The van der Waals surface area contributed by atoms with E-state index in [4.69, 9.17) is 9.47 Å². The lowest BCUT2D eigenvalue weighted by molar-refractivity contribution is 0.105. The molecule has 0 aliphatic carbocycles. The summed E-state index contributed by atoms with van der Waals surface area (Å²) in [5.74, 6) is 0.873. The van der Waals surface area contributed by atoms with Crippen molar-refractivity contribution < 1.29 is 9.47 Å². The molecule has 3 heteroatoms. The fourth-order valence-corrected chi connectivity index (χ4v) is 2.11. The first-order valence-electron chi connectivity index (χ1n) is 6.75. The zero-order chi connectivity index (χ0) is 14.2. The van der Waals surface area contributed by atoms with E-state index in [9.17, 15) is 0 Å². The summed E-state index contributed by atoms with van der Waals surface area (Å²) in [5.41, 5.74) is 3.49. The maximum absolute atomic E-state index is 5.78. The van der Waals surface area contributed by atoms with Crippen molar-refractivity contribution >= 4 is 0 Å². The third-order valence-corrected chi connectivity index (χ3v) is 3.09. The van der Waals surface area contributed by atoms with Crippen LogP contribution in [0.1, 0.15) is 16.7 Å². The van der Waals surface area contributed by atoms with Crippen molar-refractivity contribution in [1.29, 1.82) is 0 Å². The summed E-state index contributed by atoms with van der Waals surface area (Å²) < 4.78 is 11.2. The lowest BCUT2D eigenvalue weighted by atomic mass is 10.1. The molecule has 0 saturated heterocycles. The van der Waals surface area contributed by atoms with E-state index in [1.165, 1.54) is 11.1 Å². The molecule has 0 unspecified atom stereocenters. The van der Waals surface area contributed by atoms with Crippen molar-refractivity contribution in [3.63, 3.8) is 0 Å². The van der Waals surface area contributed by atoms with Crippen LogP contribution >= 0.6 is 0 Å². The zero-order valence-electron chi connectivity index (χ0n) is 12.1. The van der Waals surface area contributed by atoms with Gasteiger partial charge in [0.25, 0.3) is 0 Å². The molecule has 0 heterocycles. The minimum absolute atomic E-state index is 0.551. The van der Waals surface area contributed by atoms with Crippen LogP contribution in [0.15, 0.2) is 48.5 Å². The third kappa shape index (κ3) is 4.08. The van der Waals surface area contributed by atoms with E-state index in [1.807, 2.05) is 31.3 Å². The molecule has 2 rings (SSSR count). The standard InChI is InChI=1S/C17H21NO2/c1-18-11-15-8-9-17(19-2)16(10-15)13-20-12-14-6-4-3-5-7-14/h3-10,18H,11-13H2,1-2H3. The summed E-state index contributed by atoms with van der Waals surface area (Å²) in [6.45, 7) is 2.01. The highest BCUT2D eigenvalue weighted by Crippen LogP contribution is 2.21. The predicted octanol–water partition coefficient (Wildman–Crippen LogP) is 3.13. The molecular formula is C17H21NO2. The summed E-state index contributed by atoms with van der Waals surface area (Å²) in [6, 6.07) is 16.4. The van der Waals surface area contributed by atoms with Crippen LogP contribution in [-0.4, -0.2) is 14.2 Å². The van der Waals surface area contributed by atoms with Gasteiger partial charge in [0, 0.05) is 12.1 Å². The topological polar surface area (TPSA) is 30.5 Å². The van der Waals surface area contributed by atoms with Gasteiger partial charge >= 0.3 is 0 Å². The Morgan fingerprint density at radius 3 is 2.45 bits per heavy atom. The first-order valence-corrected chi connectivity index (χ1v) is 6.75. The number of hydrogen-bond donors (Lipinski definition) is 1. The molecule has 0 aliphatic heterocycles. The number of hydrogen-bond acceptors (Lipinski definition) is 3. The zero-order valence-corrected chi connectivity index (χ0v) is 12.1. The second-order valence-corrected chi connectivity index (χ2v) is 4.65. The molecule has 1 N–H and O–H groups in total. The Bertz CT molecular complexity index is 526. The normalized spacial score (nSPS) is 10.5. The Labute approximate surface area is 120 Å². The van der Waals surface area contributed by atoms with Crippen LogP contribution in [0, 0.1) is 0 Å². The van der Waals surface area contributed by atoms with Crippen molar-refractivity contribution in [2.24, 2.45) is 0 Å². The van der Waals surface area contributed by atoms with Crippen LogP contribution in [0.2, 0.25) is 0 Å². The number of benzene rings is 2. The van der Waals surface area contributed by atoms with E-state index in [-0.39, 0.29) is 0 Å². The highest BCUT2D eigenvalue weighted by atomic mass is 16.5. The van der Waals surface area contributed by atoms with Gasteiger partial charge in [0.15, 0.2) is 0 Å². The molecule has 2 aromatic rings. The van der Waals surface area contributed by atoms with Crippen LogP contribution in [-0.2, 0) is 24.5 Å². The van der Waals surface area contributed by atoms with Gasteiger partial charge in [-0.15, -0.1) is 0 Å². The van der Waals surface area contributed by atoms with Crippen molar-refractivity contribution in [1.82, 2.24) is 5.32 Å². The van der Waals surface area contributed by atoms with Crippen LogP contribution in [0.4, 0.5) is 0 Å². The first-order chi connectivity index (χ1) is 9.83. The molecule has 0 spiro atoms. The molecule has 2 aromatic carbocycles.